The van der Waals surface area contributed by atoms with E-state index in [1.165, 1.54) is 22.3 Å². The van der Waals surface area contributed by atoms with E-state index in [0.29, 0.717) is 6.54 Å². The van der Waals surface area contributed by atoms with Crippen LogP contribution in [0.3, 0.4) is 0 Å². The van der Waals surface area contributed by atoms with Gasteiger partial charge in [0.25, 0.3) is 0 Å². The molecule has 3 aromatic rings. The number of amides is 1. The minimum atomic E-state index is -0.563. The number of benzene rings is 3. The molecule has 4 rings (SSSR count). The summed E-state index contributed by atoms with van der Waals surface area (Å²) >= 11 is 0. The molecule has 0 bridgehead atoms. The van der Waals surface area contributed by atoms with E-state index in [2.05, 4.69) is 29.6 Å². The van der Waals surface area contributed by atoms with Crippen molar-refractivity contribution in [1.82, 2.24) is 5.32 Å². The van der Waals surface area contributed by atoms with E-state index in [4.69, 9.17) is 4.74 Å². The molecule has 0 aliphatic heterocycles. The van der Waals surface area contributed by atoms with Crippen LogP contribution in [0, 0.1) is 0 Å². The van der Waals surface area contributed by atoms with Crippen molar-refractivity contribution in [3.05, 3.63) is 95.6 Å². The fraction of sp³-hybridized carbons (Fsp3) is 0.240. The fourth-order valence-corrected chi connectivity index (χ4v) is 4.01. The molecule has 1 aliphatic carbocycles. The van der Waals surface area contributed by atoms with Crippen LogP contribution in [0.5, 0.6) is 0 Å². The Labute approximate surface area is 171 Å². The molecule has 148 valence electrons. The third kappa shape index (κ3) is 3.76. The van der Waals surface area contributed by atoms with E-state index in [1.54, 1.807) is 0 Å². The molecule has 1 amide bonds. The molecular weight excluding hydrogens is 362 g/mol. The predicted molar refractivity (Wildman–Crippen MR) is 114 cm³/mol. The summed E-state index contributed by atoms with van der Waals surface area (Å²) < 4.78 is 5.58. The minimum Gasteiger partial charge on any atom is -0.449 e. The van der Waals surface area contributed by atoms with Gasteiger partial charge in [0.2, 0.25) is 0 Å². The smallest absolute Gasteiger partial charge is 0.407 e. The van der Waals surface area contributed by atoms with Gasteiger partial charge in [0.1, 0.15) is 6.61 Å². The first-order valence-corrected chi connectivity index (χ1v) is 9.87. The summed E-state index contributed by atoms with van der Waals surface area (Å²) in [5.41, 5.74) is 5.19. The van der Waals surface area contributed by atoms with Crippen molar-refractivity contribution in [3.63, 3.8) is 0 Å². The highest BCUT2D eigenvalue weighted by atomic mass is 16.5. The van der Waals surface area contributed by atoms with Gasteiger partial charge in [0.05, 0.1) is 6.61 Å². The maximum atomic E-state index is 12.4. The average Bonchev–Trinajstić information content (AvgIpc) is 3.10. The quantitative estimate of drug-likeness (QED) is 0.656. The highest BCUT2D eigenvalue weighted by Crippen LogP contribution is 2.44. The van der Waals surface area contributed by atoms with E-state index in [1.807, 2.05) is 61.5 Å². The van der Waals surface area contributed by atoms with E-state index in [-0.39, 0.29) is 19.1 Å². The second-order valence-electron chi connectivity index (χ2n) is 7.76. The Bertz CT molecular complexity index is 956. The van der Waals surface area contributed by atoms with Crippen molar-refractivity contribution in [2.24, 2.45) is 0 Å². The number of ether oxygens (including phenoxy) is 1. The van der Waals surface area contributed by atoms with Gasteiger partial charge in [-0.05, 0) is 27.8 Å². The van der Waals surface area contributed by atoms with E-state index in [9.17, 15) is 9.90 Å². The lowest BCUT2D eigenvalue weighted by Crippen LogP contribution is -2.41. The number of alkyl carbamates (subject to hydrolysis) is 1. The predicted octanol–water partition coefficient (Wildman–Crippen LogP) is 4.48. The normalized spacial score (nSPS) is 14.6. The molecule has 0 spiro atoms. The van der Waals surface area contributed by atoms with E-state index < -0.39 is 11.5 Å². The van der Waals surface area contributed by atoms with Gasteiger partial charge in [-0.3, -0.25) is 0 Å². The molecule has 0 aromatic heterocycles. The van der Waals surface area contributed by atoms with Crippen LogP contribution >= 0.6 is 0 Å². The zero-order chi connectivity index (χ0) is 20.3. The van der Waals surface area contributed by atoms with E-state index >= 15 is 0 Å². The number of aliphatic hydroxyl groups is 1. The van der Waals surface area contributed by atoms with Crippen LogP contribution in [0.1, 0.15) is 29.5 Å². The Hall–Kier alpha value is -3.11. The summed E-state index contributed by atoms with van der Waals surface area (Å²) in [4.78, 5) is 12.4. The van der Waals surface area contributed by atoms with Gasteiger partial charge < -0.3 is 15.2 Å². The monoisotopic (exact) mass is 387 g/mol. The summed E-state index contributed by atoms with van der Waals surface area (Å²) in [6, 6.07) is 26.2. The minimum absolute atomic E-state index is 0.0338. The molecule has 0 saturated heterocycles. The van der Waals surface area contributed by atoms with Crippen molar-refractivity contribution in [3.8, 4) is 11.1 Å². The maximum absolute atomic E-state index is 12.4. The first-order chi connectivity index (χ1) is 14.1. The second-order valence-corrected chi connectivity index (χ2v) is 7.76. The van der Waals surface area contributed by atoms with Crippen molar-refractivity contribution in [2.45, 2.75) is 18.3 Å². The lowest BCUT2D eigenvalue weighted by Gasteiger charge is -2.28. The molecule has 0 heterocycles. The number of aliphatic hydroxyl groups excluding tert-OH is 1. The third-order valence-electron chi connectivity index (χ3n) is 5.79. The number of hydrogen-bond acceptors (Lipinski definition) is 3. The van der Waals surface area contributed by atoms with Crippen LogP contribution in [0.2, 0.25) is 0 Å². The number of hydrogen-bond donors (Lipinski definition) is 2. The number of fused-ring (bicyclic) bond motifs is 3. The van der Waals surface area contributed by atoms with Gasteiger partial charge in [-0.15, -0.1) is 0 Å². The molecule has 4 heteroatoms. The molecule has 1 unspecified atom stereocenters. The van der Waals surface area contributed by atoms with Crippen molar-refractivity contribution < 1.29 is 14.6 Å². The summed E-state index contributed by atoms with van der Waals surface area (Å²) in [7, 11) is 0. The first kappa shape index (κ1) is 19.2. The van der Waals surface area contributed by atoms with Gasteiger partial charge in [-0.25, -0.2) is 4.79 Å². The lowest BCUT2D eigenvalue weighted by molar-refractivity contribution is 0.136. The number of carbonyl (C=O) groups is 1. The van der Waals surface area contributed by atoms with Gasteiger partial charge in [-0.1, -0.05) is 85.8 Å². The Morgan fingerprint density at radius 1 is 0.931 bits per heavy atom. The van der Waals surface area contributed by atoms with E-state index in [0.717, 1.165) is 5.56 Å². The van der Waals surface area contributed by atoms with Crippen LogP contribution in [0.25, 0.3) is 11.1 Å². The molecular formula is C25H25NO3. The lowest BCUT2D eigenvalue weighted by atomic mass is 9.83. The molecule has 29 heavy (non-hydrogen) atoms. The fourth-order valence-electron chi connectivity index (χ4n) is 4.01. The van der Waals surface area contributed by atoms with Gasteiger partial charge in [-0.2, -0.15) is 0 Å². The van der Waals surface area contributed by atoms with Crippen LogP contribution in [-0.2, 0) is 10.2 Å². The Morgan fingerprint density at radius 2 is 1.48 bits per heavy atom. The molecule has 4 nitrogen and oxygen atoms in total. The zero-order valence-electron chi connectivity index (χ0n) is 16.5. The standard InChI is InChI=1S/C25H25NO3/c1-25(17-27,18-9-3-2-4-10-18)16-26-24(28)29-15-23-21-13-7-5-11-19(21)20-12-6-8-14-22(20)23/h2-14,23,27H,15-17H2,1H3,(H,26,28). The van der Waals surface area contributed by atoms with Crippen LogP contribution in [0.4, 0.5) is 4.79 Å². The van der Waals surface area contributed by atoms with Crippen molar-refractivity contribution in [1.29, 1.82) is 0 Å². The third-order valence-corrected chi connectivity index (χ3v) is 5.79. The molecule has 0 fully saturated rings. The number of rotatable bonds is 6. The largest absolute Gasteiger partial charge is 0.449 e. The topological polar surface area (TPSA) is 58.6 Å². The molecule has 1 aliphatic rings. The highest BCUT2D eigenvalue weighted by molar-refractivity contribution is 5.79. The molecule has 3 aromatic carbocycles. The number of carbonyl (C=O) groups excluding carboxylic acids is 1. The Morgan fingerprint density at radius 3 is 2.07 bits per heavy atom. The van der Waals surface area contributed by atoms with Crippen molar-refractivity contribution in [2.75, 3.05) is 19.8 Å². The highest BCUT2D eigenvalue weighted by Gasteiger charge is 2.30. The molecule has 0 radical (unpaired) electrons. The van der Waals surface area contributed by atoms with Crippen LogP contribution < -0.4 is 5.32 Å². The molecule has 1 atom stereocenters. The molecule has 2 N–H and O–H groups in total. The number of nitrogens with one attached hydrogen (secondary N) is 1. The first-order valence-electron chi connectivity index (χ1n) is 9.87. The van der Waals surface area contributed by atoms with Gasteiger partial charge in [0, 0.05) is 17.9 Å². The summed E-state index contributed by atoms with van der Waals surface area (Å²) in [5, 5.41) is 12.7. The van der Waals surface area contributed by atoms with Crippen LogP contribution in [-0.4, -0.2) is 31.0 Å². The Balaban J connectivity index is 1.41. The van der Waals surface area contributed by atoms with Gasteiger partial charge in [0.15, 0.2) is 0 Å². The Kier molecular flexibility index (Phi) is 5.36. The average molecular weight is 387 g/mol. The summed E-state index contributed by atoms with van der Waals surface area (Å²) in [6.07, 6.45) is -0.470. The summed E-state index contributed by atoms with van der Waals surface area (Å²) in [6.45, 7) is 2.43. The van der Waals surface area contributed by atoms with Gasteiger partial charge >= 0.3 is 6.09 Å². The maximum Gasteiger partial charge on any atom is 0.407 e. The second kappa shape index (κ2) is 8.10. The zero-order valence-corrected chi connectivity index (χ0v) is 16.5. The van der Waals surface area contributed by atoms with Crippen molar-refractivity contribution >= 4 is 6.09 Å². The SMILES string of the molecule is CC(CO)(CNC(=O)OCC1c2ccccc2-c2ccccc21)c1ccccc1. The molecule has 0 saturated carbocycles. The summed E-state index contributed by atoms with van der Waals surface area (Å²) in [5.74, 6) is 0.0338. The van der Waals surface area contributed by atoms with Crippen LogP contribution in [0.15, 0.2) is 78.9 Å².